The molecule has 0 aliphatic heterocycles. The third-order valence-electron chi connectivity index (χ3n) is 2.78. The minimum Gasteiger partial charge on any atom is -0.375 e. The van der Waals surface area contributed by atoms with Crippen molar-refractivity contribution in [1.82, 2.24) is 10.6 Å². The first-order chi connectivity index (χ1) is 9.58. The average molecular weight is 298 g/mol. The Morgan fingerprint density at radius 3 is 2.65 bits per heavy atom. The summed E-state index contributed by atoms with van der Waals surface area (Å²) in [6, 6.07) is 5.26. The van der Waals surface area contributed by atoms with E-state index in [1.54, 1.807) is 35.8 Å². The van der Waals surface area contributed by atoms with Crippen LogP contribution in [0, 0.1) is 5.82 Å². The van der Waals surface area contributed by atoms with Crippen LogP contribution < -0.4 is 15.5 Å². The van der Waals surface area contributed by atoms with Gasteiger partial charge in [-0.1, -0.05) is 6.07 Å². The summed E-state index contributed by atoms with van der Waals surface area (Å²) in [4.78, 5) is 5.89. The lowest BCUT2D eigenvalue weighted by Gasteiger charge is -2.15. The quantitative estimate of drug-likeness (QED) is 0.478. The first-order valence-corrected chi connectivity index (χ1v) is 7.87. The summed E-state index contributed by atoms with van der Waals surface area (Å²) < 4.78 is 13.8. The van der Waals surface area contributed by atoms with Gasteiger partial charge < -0.3 is 15.5 Å². The Hall–Kier alpha value is -1.43. The van der Waals surface area contributed by atoms with E-state index in [9.17, 15) is 4.39 Å². The van der Waals surface area contributed by atoms with Gasteiger partial charge in [0.15, 0.2) is 5.96 Å². The molecule has 1 aromatic carbocycles. The van der Waals surface area contributed by atoms with Crippen LogP contribution in [0.3, 0.4) is 0 Å². The molecule has 0 spiro atoms. The van der Waals surface area contributed by atoms with E-state index in [0.29, 0.717) is 12.2 Å². The number of halogens is 1. The fourth-order valence-corrected chi connectivity index (χ4v) is 2.01. The molecular weight excluding hydrogens is 275 g/mol. The number of aliphatic imine (C=N–C) groups is 1. The summed E-state index contributed by atoms with van der Waals surface area (Å²) in [6.07, 6.45) is 2.06. The lowest BCUT2D eigenvalue weighted by atomic mass is 10.2. The number of thioether (sulfide) groups is 1. The molecule has 0 aliphatic carbocycles. The second-order valence-electron chi connectivity index (χ2n) is 4.53. The maximum absolute atomic E-state index is 13.8. The molecule has 0 saturated carbocycles. The van der Waals surface area contributed by atoms with Crippen molar-refractivity contribution in [3.8, 4) is 0 Å². The van der Waals surface area contributed by atoms with Gasteiger partial charge in [0.05, 0.1) is 5.69 Å². The molecule has 6 heteroatoms. The van der Waals surface area contributed by atoms with Gasteiger partial charge >= 0.3 is 0 Å². The van der Waals surface area contributed by atoms with Crippen LogP contribution in [0.25, 0.3) is 0 Å². The monoisotopic (exact) mass is 298 g/mol. The standard InChI is InChI=1S/C14H23FN4S/c1-16-14(17-7-8-20-4)18-10-11-5-6-13(19(2)3)12(15)9-11/h5-6,9H,7-8,10H2,1-4H3,(H2,16,17,18). The highest BCUT2D eigenvalue weighted by atomic mass is 32.2. The van der Waals surface area contributed by atoms with Crippen LogP contribution in [0.2, 0.25) is 0 Å². The molecule has 0 heterocycles. The fourth-order valence-electron chi connectivity index (χ4n) is 1.70. The topological polar surface area (TPSA) is 39.7 Å². The number of anilines is 1. The van der Waals surface area contributed by atoms with Gasteiger partial charge in [0.1, 0.15) is 5.82 Å². The average Bonchev–Trinajstić information content (AvgIpc) is 2.42. The second-order valence-corrected chi connectivity index (χ2v) is 5.51. The lowest BCUT2D eigenvalue weighted by molar-refractivity contribution is 0.623. The predicted octanol–water partition coefficient (Wildman–Crippen LogP) is 1.92. The van der Waals surface area contributed by atoms with Crippen molar-refractivity contribution in [1.29, 1.82) is 0 Å². The van der Waals surface area contributed by atoms with Gasteiger partial charge in [-0.15, -0.1) is 0 Å². The molecule has 0 unspecified atom stereocenters. The van der Waals surface area contributed by atoms with Crippen molar-refractivity contribution < 1.29 is 4.39 Å². The molecule has 0 fully saturated rings. The van der Waals surface area contributed by atoms with Gasteiger partial charge in [-0.05, 0) is 24.0 Å². The van der Waals surface area contributed by atoms with Crippen molar-refractivity contribution in [2.75, 3.05) is 44.6 Å². The number of nitrogens with one attached hydrogen (secondary N) is 2. The molecule has 0 radical (unpaired) electrons. The minimum atomic E-state index is -0.209. The van der Waals surface area contributed by atoms with Crippen LogP contribution in [-0.2, 0) is 6.54 Å². The summed E-state index contributed by atoms with van der Waals surface area (Å²) in [7, 11) is 5.38. The van der Waals surface area contributed by atoms with E-state index in [1.807, 2.05) is 20.2 Å². The Labute approximate surface area is 124 Å². The zero-order valence-corrected chi connectivity index (χ0v) is 13.4. The fraction of sp³-hybridized carbons (Fsp3) is 0.500. The zero-order chi connectivity index (χ0) is 15.0. The Balaban J connectivity index is 2.54. The Morgan fingerprint density at radius 1 is 1.35 bits per heavy atom. The van der Waals surface area contributed by atoms with E-state index in [1.165, 1.54) is 0 Å². The van der Waals surface area contributed by atoms with E-state index in [2.05, 4.69) is 21.9 Å². The molecule has 0 saturated heterocycles. The highest BCUT2D eigenvalue weighted by Gasteiger charge is 2.05. The number of hydrogen-bond acceptors (Lipinski definition) is 3. The molecule has 0 aliphatic rings. The molecule has 1 aromatic rings. The van der Waals surface area contributed by atoms with E-state index in [4.69, 9.17) is 0 Å². The Bertz CT molecular complexity index is 449. The third-order valence-corrected chi connectivity index (χ3v) is 3.39. The highest BCUT2D eigenvalue weighted by molar-refractivity contribution is 7.98. The number of guanidine groups is 1. The summed E-state index contributed by atoms with van der Waals surface area (Å²) in [5.41, 5.74) is 1.48. The summed E-state index contributed by atoms with van der Waals surface area (Å²) >= 11 is 1.78. The van der Waals surface area contributed by atoms with Gasteiger partial charge in [0.2, 0.25) is 0 Å². The molecule has 2 N–H and O–H groups in total. The van der Waals surface area contributed by atoms with Crippen molar-refractivity contribution in [2.24, 2.45) is 4.99 Å². The first-order valence-electron chi connectivity index (χ1n) is 6.47. The smallest absolute Gasteiger partial charge is 0.191 e. The van der Waals surface area contributed by atoms with Gasteiger partial charge in [-0.2, -0.15) is 11.8 Å². The Kier molecular flexibility index (Phi) is 7.22. The second kappa shape index (κ2) is 8.68. The molecule has 0 bridgehead atoms. The Morgan fingerprint density at radius 2 is 2.10 bits per heavy atom. The van der Waals surface area contributed by atoms with Gasteiger partial charge in [-0.3, -0.25) is 4.99 Å². The number of hydrogen-bond donors (Lipinski definition) is 2. The summed E-state index contributed by atoms with van der Waals surface area (Å²) in [5.74, 6) is 1.54. The van der Waals surface area contributed by atoms with Crippen LogP contribution in [-0.4, -0.2) is 45.7 Å². The van der Waals surface area contributed by atoms with E-state index in [-0.39, 0.29) is 5.82 Å². The molecule has 112 valence electrons. The maximum Gasteiger partial charge on any atom is 0.191 e. The maximum atomic E-state index is 13.8. The molecule has 4 nitrogen and oxygen atoms in total. The molecule has 0 atom stereocenters. The SMILES string of the molecule is CN=C(NCCSC)NCc1ccc(N(C)C)c(F)c1. The predicted molar refractivity (Wildman–Crippen MR) is 87.3 cm³/mol. The summed E-state index contributed by atoms with van der Waals surface area (Å²) in [5, 5.41) is 6.37. The van der Waals surface area contributed by atoms with Crippen LogP contribution >= 0.6 is 11.8 Å². The number of nitrogens with zero attached hydrogens (tertiary/aromatic N) is 2. The lowest BCUT2D eigenvalue weighted by Crippen LogP contribution is -2.37. The van der Waals surface area contributed by atoms with Crippen molar-refractivity contribution in [2.45, 2.75) is 6.54 Å². The van der Waals surface area contributed by atoms with Crippen LogP contribution in [0.4, 0.5) is 10.1 Å². The normalized spacial score (nSPS) is 11.3. The molecular formula is C14H23FN4S. The number of rotatable bonds is 6. The zero-order valence-electron chi connectivity index (χ0n) is 12.5. The summed E-state index contributed by atoms with van der Waals surface area (Å²) in [6.45, 7) is 1.40. The largest absolute Gasteiger partial charge is 0.375 e. The first kappa shape index (κ1) is 16.6. The van der Waals surface area contributed by atoms with Crippen LogP contribution in [0.15, 0.2) is 23.2 Å². The van der Waals surface area contributed by atoms with E-state index in [0.717, 1.165) is 23.8 Å². The van der Waals surface area contributed by atoms with E-state index < -0.39 is 0 Å². The van der Waals surface area contributed by atoms with Crippen LogP contribution in [0.5, 0.6) is 0 Å². The van der Waals surface area contributed by atoms with Gasteiger partial charge in [0.25, 0.3) is 0 Å². The van der Waals surface area contributed by atoms with Crippen molar-refractivity contribution in [3.63, 3.8) is 0 Å². The van der Waals surface area contributed by atoms with Crippen molar-refractivity contribution >= 4 is 23.4 Å². The molecule has 0 aromatic heterocycles. The minimum absolute atomic E-state index is 0.209. The van der Waals surface area contributed by atoms with E-state index >= 15 is 0 Å². The van der Waals surface area contributed by atoms with Gasteiger partial charge in [0, 0.05) is 40.0 Å². The van der Waals surface area contributed by atoms with Crippen molar-refractivity contribution in [3.05, 3.63) is 29.6 Å². The van der Waals surface area contributed by atoms with Gasteiger partial charge in [-0.25, -0.2) is 4.39 Å². The third kappa shape index (κ3) is 5.28. The molecule has 20 heavy (non-hydrogen) atoms. The van der Waals surface area contributed by atoms with Crippen LogP contribution in [0.1, 0.15) is 5.56 Å². The highest BCUT2D eigenvalue weighted by Crippen LogP contribution is 2.18. The molecule has 0 amide bonds. The molecule has 1 rings (SSSR count). The number of benzene rings is 1.